The van der Waals surface area contributed by atoms with Gasteiger partial charge in [0.1, 0.15) is 5.54 Å². The first-order valence-electron chi connectivity index (χ1n) is 10.2. The van der Waals surface area contributed by atoms with Gasteiger partial charge < -0.3 is 5.32 Å². The highest BCUT2D eigenvalue weighted by Crippen LogP contribution is 2.33. The van der Waals surface area contributed by atoms with Crippen LogP contribution in [0, 0.1) is 0 Å². The monoisotopic (exact) mass is 420 g/mol. The van der Waals surface area contributed by atoms with Crippen molar-refractivity contribution in [2.24, 2.45) is 0 Å². The highest BCUT2D eigenvalue weighted by atomic mass is 32.2. The lowest BCUT2D eigenvalue weighted by molar-refractivity contribution is -0.135. The molecular weight excluding hydrogens is 392 g/mol. The van der Waals surface area contributed by atoms with Crippen molar-refractivity contribution in [1.29, 1.82) is 0 Å². The summed E-state index contributed by atoms with van der Waals surface area (Å²) in [6, 6.07) is 9.67. The summed E-state index contributed by atoms with van der Waals surface area (Å²) in [6.45, 7) is 3.03. The van der Waals surface area contributed by atoms with Gasteiger partial charge in [-0.2, -0.15) is 0 Å². The summed E-state index contributed by atoms with van der Waals surface area (Å²) >= 11 is 0. The zero-order valence-corrected chi connectivity index (χ0v) is 17.5. The first-order valence-corrected chi connectivity index (χ1v) is 12.0. The van der Waals surface area contributed by atoms with Crippen molar-refractivity contribution in [3.05, 3.63) is 35.9 Å². The number of piperidine rings is 2. The highest BCUT2D eigenvalue weighted by molar-refractivity contribution is 7.88. The minimum atomic E-state index is -3.24. The molecule has 0 radical (unpaired) electrons. The molecule has 3 fully saturated rings. The van der Waals surface area contributed by atoms with Gasteiger partial charge in [0.05, 0.1) is 6.26 Å². The van der Waals surface area contributed by atoms with E-state index in [1.54, 1.807) is 0 Å². The topological polar surface area (TPSA) is 90.0 Å². The van der Waals surface area contributed by atoms with Crippen LogP contribution in [-0.4, -0.2) is 78.5 Å². The first kappa shape index (κ1) is 20.3. The Labute approximate surface area is 171 Å². The van der Waals surface area contributed by atoms with Crippen molar-refractivity contribution < 1.29 is 18.0 Å². The molecule has 3 heterocycles. The summed E-state index contributed by atoms with van der Waals surface area (Å²) in [5.41, 5.74) is 0.433. The van der Waals surface area contributed by atoms with Crippen LogP contribution in [0.3, 0.4) is 0 Å². The van der Waals surface area contributed by atoms with Crippen LogP contribution in [0.5, 0.6) is 0 Å². The van der Waals surface area contributed by atoms with Crippen LogP contribution in [0.1, 0.15) is 31.2 Å². The Morgan fingerprint density at radius 1 is 1.03 bits per heavy atom. The number of urea groups is 1. The average molecular weight is 421 g/mol. The van der Waals surface area contributed by atoms with Crippen molar-refractivity contribution in [1.82, 2.24) is 19.4 Å². The second kappa shape index (κ2) is 7.70. The lowest BCUT2D eigenvalue weighted by Gasteiger charge is -2.38. The van der Waals surface area contributed by atoms with E-state index in [1.807, 2.05) is 18.2 Å². The van der Waals surface area contributed by atoms with Gasteiger partial charge in [-0.15, -0.1) is 0 Å². The molecular formula is C20H28N4O4S. The predicted molar refractivity (Wildman–Crippen MR) is 109 cm³/mol. The van der Waals surface area contributed by atoms with Gasteiger partial charge in [-0.05, 0) is 31.2 Å². The number of hydrogen-bond donors (Lipinski definition) is 1. The minimum Gasteiger partial charge on any atom is -0.323 e. The van der Waals surface area contributed by atoms with E-state index in [2.05, 4.69) is 22.3 Å². The van der Waals surface area contributed by atoms with Crippen molar-refractivity contribution in [2.45, 2.75) is 43.8 Å². The number of nitrogens with zero attached hydrogens (tertiary/aromatic N) is 3. The number of rotatable bonds is 4. The van der Waals surface area contributed by atoms with Crippen LogP contribution in [0.15, 0.2) is 30.3 Å². The standard InChI is InChI=1S/C20H28N4O4S/c1-29(27,28)23-11-7-17(8-12-23)24-18(25)20(21-19(24)26)9-13-22(14-10-20)15-16-5-3-2-4-6-16/h2-6,17H,7-15H2,1H3,(H,21,26). The van der Waals surface area contributed by atoms with E-state index in [9.17, 15) is 18.0 Å². The van der Waals surface area contributed by atoms with E-state index in [0.29, 0.717) is 38.8 Å². The third-order valence-electron chi connectivity index (χ3n) is 6.41. The molecule has 9 heteroatoms. The summed E-state index contributed by atoms with van der Waals surface area (Å²) < 4.78 is 24.8. The molecule has 0 bridgehead atoms. The molecule has 1 spiro atoms. The molecule has 0 unspecified atom stereocenters. The smallest absolute Gasteiger partial charge is 0.323 e. The lowest BCUT2D eigenvalue weighted by atomic mass is 9.87. The third kappa shape index (κ3) is 4.04. The number of likely N-dealkylation sites (tertiary alicyclic amines) is 1. The Morgan fingerprint density at radius 3 is 2.24 bits per heavy atom. The fourth-order valence-corrected chi connectivity index (χ4v) is 5.55. The molecule has 29 heavy (non-hydrogen) atoms. The lowest BCUT2D eigenvalue weighted by Crippen LogP contribution is -2.55. The molecule has 3 aliphatic rings. The molecule has 3 saturated heterocycles. The van der Waals surface area contributed by atoms with Gasteiger partial charge in [0, 0.05) is 38.8 Å². The Morgan fingerprint density at radius 2 is 1.66 bits per heavy atom. The number of imide groups is 1. The Bertz CT molecular complexity index is 873. The molecule has 3 aliphatic heterocycles. The van der Waals surface area contributed by atoms with Crippen LogP contribution in [0.4, 0.5) is 4.79 Å². The Kier molecular flexibility index (Phi) is 5.39. The third-order valence-corrected chi connectivity index (χ3v) is 7.71. The van der Waals surface area contributed by atoms with E-state index in [-0.39, 0.29) is 18.0 Å². The van der Waals surface area contributed by atoms with Crippen molar-refractivity contribution >= 4 is 22.0 Å². The van der Waals surface area contributed by atoms with Gasteiger partial charge in [0.2, 0.25) is 10.0 Å². The average Bonchev–Trinajstić information content (AvgIpc) is 2.94. The largest absolute Gasteiger partial charge is 0.325 e. The highest BCUT2D eigenvalue weighted by Gasteiger charge is 2.54. The SMILES string of the molecule is CS(=O)(=O)N1CCC(N2C(=O)NC3(CCN(Cc4ccccc4)CC3)C2=O)CC1. The molecule has 8 nitrogen and oxygen atoms in total. The van der Waals surface area contributed by atoms with Crippen LogP contribution >= 0.6 is 0 Å². The summed E-state index contributed by atoms with van der Waals surface area (Å²) in [4.78, 5) is 29.6. The fourth-order valence-electron chi connectivity index (χ4n) is 4.68. The fraction of sp³-hybridized carbons (Fsp3) is 0.600. The number of carbonyl (C=O) groups excluding carboxylic acids is 2. The van der Waals surface area contributed by atoms with E-state index >= 15 is 0 Å². The molecule has 0 aliphatic carbocycles. The number of sulfonamides is 1. The minimum absolute atomic E-state index is 0.139. The summed E-state index contributed by atoms with van der Waals surface area (Å²) in [6.07, 6.45) is 3.37. The molecule has 0 atom stereocenters. The van der Waals surface area contributed by atoms with Gasteiger partial charge in [-0.1, -0.05) is 30.3 Å². The summed E-state index contributed by atoms with van der Waals surface area (Å²) in [7, 11) is -3.24. The number of hydrogen-bond acceptors (Lipinski definition) is 5. The van der Waals surface area contributed by atoms with Crippen LogP contribution in [0.25, 0.3) is 0 Å². The Balaban J connectivity index is 1.37. The van der Waals surface area contributed by atoms with E-state index in [0.717, 1.165) is 19.6 Å². The second-order valence-corrected chi connectivity index (χ2v) is 10.3. The molecule has 1 N–H and O–H groups in total. The van der Waals surface area contributed by atoms with Crippen LogP contribution in [-0.2, 0) is 21.4 Å². The zero-order valence-electron chi connectivity index (χ0n) is 16.7. The van der Waals surface area contributed by atoms with Gasteiger partial charge in [0.15, 0.2) is 0 Å². The summed E-state index contributed by atoms with van der Waals surface area (Å²) in [5.74, 6) is -0.139. The number of nitrogens with one attached hydrogen (secondary N) is 1. The molecule has 0 saturated carbocycles. The van der Waals surface area contributed by atoms with Crippen molar-refractivity contribution in [3.8, 4) is 0 Å². The van der Waals surface area contributed by atoms with Gasteiger partial charge >= 0.3 is 6.03 Å². The predicted octanol–water partition coefficient (Wildman–Crippen LogP) is 0.997. The molecule has 4 rings (SSSR count). The van der Waals surface area contributed by atoms with Crippen LogP contribution in [0.2, 0.25) is 0 Å². The number of amides is 3. The quantitative estimate of drug-likeness (QED) is 0.734. The van der Waals surface area contributed by atoms with E-state index in [1.165, 1.54) is 21.0 Å². The Hall–Kier alpha value is -1.97. The van der Waals surface area contributed by atoms with Crippen molar-refractivity contribution in [2.75, 3.05) is 32.4 Å². The maximum atomic E-state index is 13.2. The maximum absolute atomic E-state index is 13.2. The number of carbonyl (C=O) groups is 2. The second-order valence-electron chi connectivity index (χ2n) is 8.34. The zero-order chi connectivity index (χ0) is 20.6. The maximum Gasteiger partial charge on any atom is 0.325 e. The van der Waals surface area contributed by atoms with Gasteiger partial charge in [0.25, 0.3) is 5.91 Å². The normalized spacial score (nSPS) is 24.2. The molecule has 0 aromatic heterocycles. The number of benzene rings is 1. The van der Waals surface area contributed by atoms with Crippen molar-refractivity contribution in [3.63, 3.8) is 0 Å². The van der Waals surface area contributed by atoms with E-state index < -0.39 is 15.6 Å². The molecule has 158 valence electrons. The summed E-state index contributed by atoms with van der Waals surface area (Å²) in [5, 5.41) is 2.97. The molecule has 1 aromatic carbocycles. The van der Waals surface area contributed by atoms with Crippen LogP contribution < -0.4 is 5.32 Å². The van der Waals surface area contributed by atoms with Gasteiger partial charge in [-0.3, -0.25) is 14.6 Å². The molecule has 3 amide bonds. The molecule has 1 aromatic rings. The van der Waals surface area contributed by atoms with E-state index in [4.69, 9.17) is 0 Å². The van der Waals surface area contributed by atoms with Gasteiger partial charge in [-0.25, -0.2) is 17.5 Å². The first-order chi connectivity index (χ1) is 13.8.